The lowest BCUT2D eigenvalue weighted by molar-refractivity contribution is 0.793. The van der Waals surface area contributed by atoms with E-state index in [1.165, 1.54) is 82.7 Å². The summed E-state index contributed by atoms with van der Waals surface area (Å²) in [5, 5.41) is 4.88. The Bertz CT molecular complexity index is 3480. The van der Waals surface area contributed by atoms with Crippen molar-refractivity contribution in [2.75, 3.05) is 4.90 Å². The molecule has 0 radical (unpaired) electrons. The van der Waals surface area contributed by atoms with E-state index < -0.39 is 5.41 Å². The second-order valence-corrected chi connectivity index (χ2v) is 16.4. The number of hydrogen-bond acceptors (Lipinski definition) is 1. The number of benzene rings is 10. The molecule has 11 aromatic rings. The number of hydrogen-bond donors (Lipinski definition) is 0. The Morgan fingerprint density at radius 1 is 0.328 bits per heavy atom. The minimum absolute atomic E-state index is 0.462. The maximum atomic E-state index is 2.52. The molecule has 61 heavy (non-hydrogen) atoms. The molecular formula is C59H38N2. The third-order valence-corrected chi connectivity index (χ3v) is 13.4. The van der Waals surface area contributed by atoms with E-state index >= 15 is 0 Å². The molecule has 2 nitrogen and oxygen atoms in total. The van der Waals surface area contributed by atoms with Crippen molar-refractivity contribution >= 4 is 49.6 Å². The molecule has 2 heteroatoms. The van der Waals surface area contributed by atoms with Gasteiger partial charge in [0, 0.05) is 33.4 Å². The molecule has 0 unspecified atom stereocenters. The van der Waals surface area contributed by atoms with E-state index in [0.29, 0.717) is 0 Å². The van der Waals surface area contributed by atoms with Crippen molar-refractivity contribution in [1.82, 2.24) is 4.57 Å². The van der Waals surface area contributed by atoms with Crippen molar-refractivity contribution in [3.05, 3.63) is 253 Å². The lowest BCUT2D eigenvalue weighted by atomic mass is 9.70. The zero-order chi connectivity index (χ0) is 40.1. The van der Waals surface area contributed by atoms with Crippen LogP contribution in [0.1, 0.15) is 22.3 Å². The fourth-order valence-electron chi connectivity index (χ4n) is 10.9. The maximum Gasteiger partial charge on any atom is 0.0726 e. The first-order valence-electron chi connectivity index (χ1n) is 21.2. The number of rotatable bonds is 5. The van der Waals surface area contributed by atoms with Crippen LogP contribution in [-0.2, 0) is 5.41 Å². The SMILES string of the molecule is c1ccc(-c2cc3c4ccccc4n(-c4ccccc4)c3cc2N(c2ccc3c(c2)C2(c4ccccc4-c4ccccc42)c2ccccc2-3)c2ccc3ccccc3c2)cc1. The lowest BCUT2D eigenvalue weighted by Gasteiger charge is -2.33. The molecule has 0 N–H and O–H groups in total. The highest BCUT2D eigenvalue weighted by molar-refractivity contribution is 6.13. The van der Waals surface area contributed by atoms with Gasteiger partial charge in [0.15, 0.2) is 0 Å². The largest absolute Gasteiger partial charge is 0.310 e. The third-order valence-electron chi connectivity index (χ3n) is 13.4. The average molecular weight is 775 g/mol. The number of nitrogens with zero attached hydrogens (tertiary/aromatic N) is 2. The van der Waals surface area contributed by atoms with Crippen LogP contribution in [0.2, 0.25) is 0 Å². The van der Waals surface area contributed by atoms with Gasteiger partial charge >= 0.3 is 0 Å². The van der Waals surface area contributed by atoms with E-state index in [4.69, 9.17) is 0 Å². The van der Waals surface area contributed by atoms with Gasteiger partial charge < -0.3 is 9.47 Å². The topological polar surface area (TPSA) is 8.17 Å². The second-order valence-electron chi connectivity index (χ2n) is 16.4. The van der Waals surface area contributed by atoms with Gasteiger partial charge in [0.25, 0.3) is 0 Å². The van der Waals surface area contributed by atoms with Crippen molar-refractivity contribution in [3.8, 4) is 39.1 Å². The molecule has 1 aromatic heterocycles. The summed E-state index contributed by atoms with van der Waals surface area (Å²) in [5.74, 6) is 0. The first-order chi connectivity index (χ1) is 30.3. The Morgan fingerprint density at radius 2 is 0.869 bits per heavy atom. The summed E-state index contributed by atoms with van der Waals surface area (Å²) in [6.45, 7) is 0. The molecule has 2 aliphatic rings. The van der Waals surface area contributed by atoms with Gasteiger partial charge in [0.05, 0.1) is 22.1 Å². The standard InChI is InChI=1S/C59H38N2/c1-3-18-40(19-4-1)50-37-51-49-26-12-16-30-56(49)61(42-21-5-2-6-22-42)58(51)38-57(50)60(43-32-31-39-17-7-8-20-41(39)35-43)44-33-34-48-47-25-11-15-29-54(47)59(55(48)36-44)52-27-13-9-23-45(52)46-24-10-14-28-53(46)59/h1-38H. The molecule has 0 aliphatic heterocycles. The highest BCUT2D eigenvalue weighted by Gasteiger charge is 2.51. The summed E-state index contributed by atoms with van der Waals surface area (Å²) in [6.07, 6.45) is 0. The van der Waals surface area contributed by atoms with Gasteiger partial charge in [-0.1, -0.05) is 176 Å². The van der Waals surface area contributed by atoms with Crippen molar-refractivity contribution in [2.24, 2.45) is 0 Å². The molecule has 0 fully saturated rings. The molecule has 13 rings (SSSR count). The van der Waals surface area contributed by atoms with E-state index in [9.17, 15) is 0 Å². The van der Waals surface area contributed by atoms with Crippen molar-refractivity contribution in [2.45, 2.75) is 5.41 Å². The normalized spacial score (nSPS) is 13.0. The number of anilines is 3. The van der Waals surface area contributed by atoms with E-state index in [2.05, 4.69) is 240 Å². The van der Waals surface area contributed by atoms with Crippen LogP contribution in [0.3, 0.4) is 0 Å². The smallest absolute Gasteiger partial charge is 0.0726 e. The predicted octanol–water partition coefficient (Wildman–Crippen LogP) is 15.4. The van der Waals surface area contributed by atoms with Crippen LogP contribution in [0.5, 0.6) is 0 Å². The minimum Gasteiger partial charge on any atom is -0.310 e. The Balaban J connectivity index is 1.15. The minimum atomic E-state index is -0.462. The Morgan fingerprint density at radius 3 is 1.57 bits per heavy atom. The van der Waals surface area contributed by atoms with Crippen molar-refractivity contribution < 1.29 is 0 Å². The molecule has 0 saturated heterocycles. The average Bonchev–Trinajstić information content (AvgIpc) is 3.93. The van der Waals surface area contributed by atoms with Gasteiger partial charge in [0.2, 0.25) is 0 Å². The molecule has 0 atom stereocenters. The highest BCUT2D eigenvalue weighted by Crippen LogP contribution is 2.63. The zero-order valence-corrected chi connectivity index (χ0v) is 33.3. The number of fused-ring (bicyclic) bond motifs is 14. The summed E-state index contributed by atoms with van der Waals surface area (Å²) in [7, 11) is 0. The Labute approximate surface area is 354 Å². The van der Waals surface area contributed by atoms with Crippen LogP contribution >= 0.6 is 0 Å². The van der Waals surface area contributed by atoms with E-state index in [-0.39, 0.29) is 0 Å². The van der Waals surface area contributed by atoms with Crippen LogP contribution in [0.25, 0.3) is 71.6 Å². The molecule has 0 saturated carbocycles. The first kappa shape index (κ1) is 34.0. The summed E-state index contributed by atoms with van der Waals surface area (Å²) in [6, 6.07) is 85.5. The van der Waals surface area contributed by atoms with Crippen molar-refractivity contribution in [1.29, 1.82) is 0 Å². The van der Waals surface area contributed by atoms with Gasteiger partial charge in [-0.2, -0.15) is 0 Å². The fourth-order valence-corrected chi connectivity index (χ4v) is 10.9. The molecule has 0 amide bonds. The van der Waals surface area contributed by atoms with Gasteiger partial charge in [-0.25, -0.2) is 0 Å². The Kier molecular flexibility index (Phi) is 7.26. The Hall–Kier alpha value is -7.94. The van der Waals surface area contributed by atoms with Crippen molar-refractivity contribution in [3.63, 3.8) is 0 Å². The fraction of sp³-hybridized carbons (Fsp3) is 0.0169. The molecule has 1 spiro atoms. The summed E-state index contributed by atoms with van der Waals surface area (Å²) in [4.78, 5) is 2.52. The van der Waals surface area contributed by atoms with Gasteiger partial charge in [-0.15, -0.1) is 0 Å². The van der Waals surface area contributed by atoms with Gasteiger partial charge in [0.1, 0.15) is 0 Å². The predicted molar refractivity (Wildman–Crippen MR) is 255 cm³/mol. The summed E-state index contributed by atoms with van der Waals surface area (Å²) in [5.41, 5.74) is 19.3. The van der Waals surface area contributed by atoms with Crippen LogP contribution in [0.4, 0.5) is 17.1 Å². The van der Waals surface area contributed by atoms with E-state index in [1.807, 2.05) is 0 Å². The second kappa shape index (κ2) is 13.0. The highest BCUT2D eigenvalue weighted by atomic mass is 15.1. The maximum absolute atomic E-state index is 2.52. The van der Waals surface area contributed by atoms with E-state index in [1.54, 1.807) is 0 Å². The van der Waals surface area contributed by atoms with E-state index in [0.717, 1.165) is 28.3 Å². The first-order valence-corrected chi connectivity index (χ1v) is 21.2. The van der Waals surface area contributed by atoms with Crippen LogP contribution < -0.4 is 4.90 Å². The summed E-state index contributed by atoms with van der Waals surface area (Å²) >= 11 is 0. The molecule has 284 valence electrons. The molecule has 0 bridgehead atoms. The van der Waals surface area contributed by atoms with Crippen LogP contribution in [0.15, 0.2) is 231 Å². The molecule has 10 aromatic carbocycles. The summed E-state index contributed by atoms with van der Waals surface area (Å²) < 4.78 is 2.43. The lowest BCUT2D eigenvalue weighted by Crippen LogP contribution is -2.26. The molecule has 2 aliphatic carbocycles. The molecular weight excluding hydrogens is 737 g/mol. The van der Waals surface area contributed by atoms with Crippen LogP contribution in [0, 0.1) is 0 Å². The monoisotopic (exact) mass is 774 g/mol. The third kappa shape index (κ3) is 4.79. The zero-order valence-electron chi connectivity index (χ0n) is 33.3. The molecule has 1 heterocycles. The van der Waals surface area contributed by atoms with Gasteiger partial charge in [-0.05, 0) is 115 Å². The van der Waals surface area contributed by atoms with Crippen LogP contribution in [-0.4, -0.2) is 4.57 Å². The quantitative estimate of drug-likeness (QED) is 0.169. The number of para-hydroxylation sites is 2. The van der Waals surface area contributed by atoms with Gasteiger partial charge in [-0.3, -0.25) is 0 Å². The number of aromatic nitrogens is 1.